The van der Waals surface area contributed by atoms with Crippen LogP contribution in [0.2, 0.25) is 0 Å². The molecule has 0 radical (unpaired) electrons. The highest BCUT2D eigenvalue weighted by Crippen LogP contribution is 2.29. The smallest absolute Gasteiger partial charge is 0.150 e. The number of benzene rings is 1. The Hall–Kier alpha value is -1.21. The molecule has 0 aliphatic rings. The van der Waals surface area contributed by atoms with Gasteiger partial charge in [0.05, 0.1) is 5.69 Å². The topological polar surface area (TPSA) is 63.8 Å². The summed E-state index contributed by atoms with van der Waals surface area (Å²) in [5.74, 6) is 0.324. The van der Waals surface area contributed by atoms with Gasteiger partial charge in [-0.25, -0.2) is 14.4 Å². The number of nitrogen functional groups attached to an aromatic ring is 1. The zero-order chi connectivity index (χ0) is 12.4. The number of aromatic nitrogens is 2. The molecular formula is C10H7Br2FN4. The molecule has 17 heavy (non-hydrogen) atoms. The quantitative estimate of drug-likeness (QED) is 0.859. The fraction of sp³-hybridized carbons (Fsp3) is 0. The number of rotatable bonds is 2. The van der Waals surface area contributed by atoms with Gasteiger partial charge in [-0.05, 0) is 34.1 Å². The van der Waals surface area contributed by atoms with Crippen molar-refractivity contribution in [3.8, 4) is 0 Å². The molecule has 0 bridgehead atoms. The van der Waals surface area contributed by atoms with Crippen molar-refractivity contribution in [3.63, 3.8) is 0 Å². The van der Waals surface area contributed by atoms with Gasteiger partial charge in [-0.2, -0.15) is 0 Å². The van der Waals surface area contributed by atoms with E-state index in [1.54, 1.807) is 12.1 Å². The summed E-state index contributed by atoms with van der Waals surface area (Å²) < 4.78 is 14.8. The average Bonchev–Trinajstić information content (AvgIpc) is 2.30. The fourth-order valence-corrected chi connectivity index (χ4v) is 1.86. The maximum Gasteiger partial charge on any atom is 0.150 e. The lowest BCUT2D eigenvalue weighted by Gasteiger charge is -2.09. The van der Waals surface area contributed by atoms with Crippen LogP contribution in [0, 0.1) is 5.82 Å². The normalized spacial score (nSPS) is 10.3. The highest BCUT2D eigenvalue weighted by molar-refractivity contribution is 9.11. The Morgan fingerprint density at radius 1 is 1.24 bits per heavy atom. The van der Waals surface area contributed by atoms with E-state index >= 15 is 0 Å². The van der Waals surface area contributed by atoms with Crippen LogP contribution in [-0.2, 0) is 0 Å². The predicted molar refractivity (Wildman–Crippen MR) is 71.5 cm³/mol. The van der Waals surface area contributed by atoms with Crippen LogP contribution in [-0.4, -0.2) is 9.97 Å². The van der Waals surface area contributed by atoms with E-state index < -0.39 is 0 Å². The van der Waals surface area contributed by atoms with Crippen molar-refractivity contribution in [2.45, 2.75) is 0 Å². The van der Waals surface area contributed by atoms with E-state index in [4.69, 9.17) is 5.73 Å². The van der Waals surface area contributed by atoms with Crippen LogP contribution in [0.5, 0.6) is 0 Å². The average molecular weight is 362 g/mol. The van der Waals surface area contributed by atoms with Gasteiger partial charge in [0.25, 0.3) is 0 Å². The van der Waals surface area contributed by atoms with Crippen LogP contribution < -0.4 is 11.1 Å². The van der Waals surface area contributed by atoms with Crippen molar-refractivity contribution < 1.29 is 4.39 Å². The zero-order valence-electron chi connectivity index (χ0n) is 8.42. The van der Waals surface area contributed by atoms with Crippen molar-refractivity contribution >= 4 is 49.2 Å². The second-order valence-corrected chi connectivity index (χ2v) is 4.88. The molecule has 1 heterocycles. The first-order valence-corrected chi connectivity index (χ1v) is 6.14. The minimum Gasteiger partial charge on any atom is -0.383 e. The van der Waals surface area contributed by atoms with Gasteiger partial charge in [-0.15, -0.1) is 0 Å². The molecule has 0 unspecified atom stereocenters. The largest absolute Gasteiger partial charge is 0.383 e. The van der Waals surface area contributed by atoms with Crippen LogP contribution in [0.3, 0.4) is 0 Å². The molecule has 1 aromatic heterocycles. The number of nitrogens with two attached hydrogens (primary N) is 1. The van der Waals surface area contributed by atoms with Gasteiger partial charge in [0.2, 0.25) is 0 Å². The Morgan fingerprint density at radius 3 is 2.76 bits per heavy atom. The van der Waals surface area contributed by atoms with Gasteiger partial charge in [0, 0.05) is 4.47 Å². The molecule has 1 aromatic carbocycles. The van der Waals surface area contributed by atoms with Gasteiger partial charge in [0.1, 0.15) is 28.3 Å². The molecule has 0 aliphatic carbocycles. The van der Waals surface area contributed by atoms with E-state index in [2.05, 4.69) is 47.1 Å². The molecule has 7 heteroatoms. The number of hydrogen-bond donors (Lipinski definition) is 2. The summed E-state index contributed by atoms with van der Waals surface area (Å²) in [5.41, 5.74) is 5.91. The first-order chi connectivity index (χ1) is 8.08. The van der Waals surface area contributed by atoms with Crippen LogP contribution >= 0.6 is 31.9 Å². The molecule has 88 valence electrons. The Balaban J connectivity index is 2.38. The monoisotopic (exact) mass is 360 g/mol. The lowest BCUT2D eigenvalue weighted by atomic mass is 10.3. The third-order valence-electron chi connectivity index (χ3n) is 2.00. The summed E-state index contributed by atoms with van der Waals surface area (Å²) in [6.45, 7) is 0. The number of hydrogen-bond acceptors (Lipinski definition) is 4. The van der Waals surface area contributed by atoms with E-state index in [9.17, 15) is 4.39 Å². The van der Waals surface area contributed by atoms with Crippen molar-refractivity contribution in [2.75, 3.05) is 11.1 Å². The minimum absolute atomic E-state index is 0.290. The molecule has 0 spiro atoms. The van der Waals surface area contributed by atoms with Crippen LogP contribution in [0.1, 0.15) is 0 Å². The summed E-state index contributed by atoms with van der Waals surface area (Å²) >= 11 is 6.50. The highest BCUT2D eigenvalue weighted by atomic mass is 79.9. The molecule has 0 aliphatic heterocycles. The Kier molecular flexibility index (Phi) is 3.58. The molecular weight excluding hydrogens is 355 g/mol. The van der Waals surface area contributed by atoms with E-state index in [0.29, 0.717) is 16.0 Å². The second-order valence-electron chi connectivity index (χ2n) is 3.17. The molecule has 2 rings (SSSR count). The molecule has 2 aromatic rings. The SMILES string of the molecule is Nc1ncnc(Nc2cc(Br)ccc2F)c1Br. The van der Waals surface area contributed by atoms with E-state index in [0.717, 1.165) is 4.47 Å². The molecule has 3 N–H and O–H groups in total. The standard InChI is InChI=1S/C10H7Br2FN4/c11-5-1-2-6(13)7(3-5)17-10-8(12)9(14)15-4-16-10/h1-4H,(H3,14,15,16,17). The maximum atomic E-state index is 13.5. The zero-order valence-corrected chi connectivity index (χ0v) is 11.6. The van der Waals surface area contributed by atoms with Crippen LogP contribution in [0.25, 0.3) is 0 Å². The molecule has 4 nitrogen and oxygen atoms in total. The first kappa shape index (κ1) is 12.3. The van der Waals surface area contributed by atoms with Crippen molar-refractivity contribution in [1.29, 1.82) is 0 Å². The van der Waals surface area contributed by atoms with Crippen LogP contribution in [0.4, 0.5) is 21.7 Å². The minimum atomic E-state index is -0.378. The number of anilines is 3. The molecule has 0 saturated carbocycles. The molecule has 0 fully saturated rings. The Labute approximate surface area is 114 Å². The first-order valence-electron chi connectivity index (χ1n) is 4.56. The summed E-state index contributed by atoms with van der Waals surface area (Å²) in [5, 5.41) is 2.84. The van der Waals surface area contributed by atoms with Gasteiger partial charge in [0.15, 0.2) is 0 Å². The van der Waals surface area contributed by atoms with Crippen molar-refractivity contribution in [3.05, 3.63) is 39.3 Å². The summed E-state index contributed by atoms with van der Waals surface area (Å²) in [4.78, 5) is 7.77. The van der Waals surface area contributed by atoms with Gasteiger partial charge in [-0.3, -0.25) is 0 Å². The van der Waals surface area contributed by atoms with E-state index in [1.807, 2.05) is 0 Å². The Bertz CT molecular complexity index is 562. The van der Waals surface area contributed by atoms with Gasteiger partial charge >= 0.3 is 0 Å². The lowest BCUT2D eigenvalue weighted by Crippen LogP contribution is -2.01. The lowest BCUT2D eigenvalue weighted by molar-refractivity contribution is 0.631. The number of nitrogens with zero attached hydrogens (tertiary/aromatic N) is 2. The fourth-order valence-electron chi connectivity index (χ4n) is 1.19. The number of halogens is 3. The van der Waals surface area contributed by atoms with Gasteiger partial charge < -0.3 is 11.1 Å². The third-order valence-corrected chi connectivity index (χ3v) is 3.27. The summed E-state index contributed by atoms with van der Waals surface area (Å²) in [7, 11) is 0. The summed E-state index contributed by atoms with van der Waals surface area (Å²) in [6, 6.07) is 4.58. The van der Waals surface area contributed by atoms with E-state index in [1.165, 1.54) is 12.4 Å². The molecule has 0 atom stereocenters. The Morgan fingerprint density at radius 2 is 2.00 bits per heavy atom. The highest BCUT2D eigenvalue weighted by Gasteiger charge is 2.09. The molecule has 0 saturated heterocycles. The summed E-state index contributed by atoms with van der Waals surface area (Å²) in [6.07, 6.45) is 1.30. The van der Waals surface area contributed by atoms with Crippen molar-refractivity contribution in [2.24, 2.45) is 0 Å². The van der Waals surface area contributed by atoms with Crippen LogP contribution in [0.15, 0.2) is 33.5 Å². The predicted octanol–water partition coefficient (Wildman–Crippen LogP) is 3.47. The van der Waals surface area contributed by atoms with E-state index in [-0.39, 0.29) is 11.6 Å². The van der Waals surface area contributed by atoms with Crippen molar-refractivity contribution in [1.82, 2.24) is 9.97 Å². The maximum absolute atomic E-state index is 13.5. The second kappa shape index (κ2) is 4.97. The molecule has 0 amide bonds. The van der Waals surface area contributed by atoms with Gasteiger partial charge in [-0.1, -0.05) is 15.9 Å². The number of nitrogens with one attached hydrogen (secondary N) is 1. The third kappa shape index (κ3) is 2.73.